The number of urea groups is 1. The summed E-state index contributed by atoms with van der Waals surface area (Å²) in [6, 6.07) is -0.345. The Morgan fingerprint density at radius 3 is 2.71 bits per heavy atom. The summed E-state index contributed by atoms with van der Waals surface area (Å²) in [5, 5.41) is 15.0. The molecule has 1 unspecified atom stereocenters. The van der Waals surface area contributed by atoms with E-state index in [4.69, 9.17) is 9.84 Å². The van der Waals surface area contributed by atoms with Crippen molar-refractivity contribution in [2.75, 3.05) is 13.7 Å². The molecule has 1 atom stereocenters. The van der Waals surface area contributed by atoms with E-state index >= 15 is 0 Å². The number of methoxy groups -OCH3 is 1. The molecule has 2 amide bonds. The zero-order valence-corrected chi connectivity index (χ0v) is 13.2. The molecule has 7 nitrogen and oxygen atoms in total. The molecule has 0 aliphatic heterocycles. The molecule has 0 aromatic carbocycles. The van der Waals surface area contributed by atoms with Gasteiger partial charge < -0.3 is 20.5 Å². The van der Waals surface area contributed by atoms with Crippen LogP contribution >= 0.6 is 11.3 Å². The highest BCUT2D eigenvalue weighted by molar-refractivity contribution is 7.13. The van der Waals surface area contributed by atoms with E-state index in [1.54, 1.807) is 14.0 Å². The highest BCUT2D eigenvalue weighted by Crippen LogP contribution is 2.17. The molecule has 0 bridgehead atoms. The average Bonchev–Trinajstić information content (AvgIpc) is 2.78. The van der Waals surface area contributed by atoms with Crippen LogP contribution < -0.4 is 10.6 Å². The SMILES string of the molecule is CCCC(COC)NC(=O)NCc1nc(C)c(C(=O)O)s1. The quantitative estimate of drug-likeness (QED) is 0.678. The average molecular weight is 315 g/mol. The molecule has 0 aliphatic carbocycles. The third kappa shape index (κ3) is 5.68. The molecule has 0 aliphatic rings. The number of thiazole rings is 1. The van der Waals surface area contributed by atoms with Crippen LogP contribution in [0.4, 0.5) is 4.79 Å². The molecule has 1 heterocycles. The van der Waals surface area contributed by atoms with Gasteiger partial charge in [0.2, 0.25) is 0 Å². The van der Waals surface area contributed by atoms with Crippen LogP contribution in [0, 0.1) is 6.92 Å². The Hall–Kier alpha value is -1.67. The molecular formula is C13H21N3O4S. The number of carboxylic acids is 1. The van der Waals surface area contributed by atoms with Crippen molar-refractivity contribution >= 4 is 23.3 Å². The lowest BCUT2D eigenvalue weighted by molar-refractivity contribution is 0.0701. The minimum absolute atomic E-state index is 0.0346. The number of carbonyl (C=O) groups is 2. The van der Waals surface area contributed by atoms with E-state index in [1.165, 1.54) is 0 Å². The van der Waals surface area contributed by atoms with E-state index in [9.17, 15) is 9.59 Å². The highest BCUT2D eigenvalue weighted by Gasteiger charge is 2.15. The third-order valence-electron chi connectivity index (χ3n) is 2.78. The van der Waals surface area contributed by atoms with Gasteiger partial charge in [-0.15, -0.1) is 11.3 Å². The second-order valence-corrected chi connectivity index (χ2v) is 5.68. The van der Waals surface area contributed by atoms with Crippen molar-refractivity contribution in [3.63, 3.8) is 0 Å². The van der Waals surface area contributed by atoms with Gasteiger partial charge in [0.05, 0.1) is 24.9 Å². The van der Waals surface area contributed by atoms with Crippen LogP contribution in [0.25, 0.3) is 0 Å². The first-order valence-corrected chi connectivity index (χ1v) is 7.52. The lowest BCUT2D eigenvalue weighted by Crippen LogP contribution is -2.43. The molecule has 0 spiro atoms. The van der Waals surface area contributed by atoms with E-state index in [0.29, 0.717) is 17.3 Å². The molecule has 8 heteroatoms. The van der Waals surface area contributed by atoms with E-state index in [-0.39, 0.29) is 23.5 Å². The number of nitrogens with zero attached hydrogens (tertiary/aromatic N) is 1. The molecule has 0 fully saturated rings. The fourth-order valence-electron chi connectivity index (χ4n) is 1.87. The predicted octanol–water partition coefficient (Wildman–Crippen LogP) is 1.76. The van der Waals surface area contributed by atoms with Crippen molar-refractivity contribution in [1.82, 2.24) is 15.6 Å². The van der Waals surface area contributed by atoms with Gasteiger partial charge in [0.25, 0.3) is 0 Å². The summed E-state index contributed by atoms with van der Waals surface area (Å²) >= 11 is 1.07. The topological polar surface area (TPSA) is 101 Å². The Morgan fingerprint density at radius 2 is 2.19 bits per heavy atom. The Kier molecular flexibility index (Phi) is 7.10. The maximum atomic E-state index is 11.8. The first-order chi connectivity index (χ1) is 9.97. The zero-order valence-electron chi connectivity index (χ0n) is 12.4. The number of aromatic carboxylic acids is 1. The normalized spacial score (nSPS) is 12.0. The fourth-order valence-corrected chi connectivity index (χ4v) is 2.71. The zero-order chi connectivity index (χ0) is 15.8. The molecule has 1 aromatic heterocycles. The van der Waals surface area contributed by atoms with Gasteiger partial charge in [0.1, 0.15) is 9.88 Å². The standard InChI is InChI=1S/C13H21N3O4S/c1-4-5-9(7-20-3)16-13(19)14-6-10-15-8(2)11(21-10)12(17)18/h9H,4-7H2,1-3H3,(H,17,18)(H2,14,16,19). The number of nitrogens with one attached hydrogen (secondary N) is 2. The summed E-state index contributed by atoms with van der Waals surface area (Å²) in [6.45, 7) is 4.34. The van der Waals surface area contributed by atoms with Crippen molar-refractivity contribution in [2.45, 2.75) is 39.3 Å². The number of rotatable bonds is 8. The number of hydrogen-bond acceptors (Lipinski definition) is 5. The summed E-state index contributed by atoms with van der Waals surface area (Å²) in [5.41, 5.74) is 0.466. The van der Waals surface area contributed by atoms with Gasteiger partial charge in [-0.2, -0.15) is 0 Å². The predicted molar refractivity (Wildman–Crippen MR) is 79.8 cm³/mol. The van der Waals surface area contributed by atoms with Gasteiger partial charge in [-0.05, 0) is 13.3 Å². The molecule has 0 saturated heterocycles. The Labute approximate surface area is 127 Å². The molecule has 21 heavy (non-hydrogen) atoms. The first-order valence-electron chi connectivity index (χ1n) is 6.70. The monoisotopic (exact) mass is 315 g/mol. The Morgan fingerprint density at radius 1 is 1.48 bits per heavy atom. The lowest BCUT2D eigenvalue weighted by Gasteiger charge is -2.17. The van der Waals surface area contributed by atoms with Crippen LogP contribution in [0.3, 0.4) is 0 Å². The number of amides is 2. The summed E-state index contributed by atoms with van der Waals surface area (Å²) in [5.74, 6) is -0.996. The molecule has 118 valence electrons. The summed E-state index contributed by atoms with van der Waals surface area (Å²) in [4.78, 5) is 27.0. The highest BCUT2D eigenvalue weighted by atomic mass is 32.1. The number of aromatic nitrogens is 1. The number of ether oxygens (including phenoxy) is 1. The van der Waals surface area contributed by atoms with E-state index in [2.05, 4.69) is 15.6 Å². The second-order valence-electron chi connectivity index (χ2n) is 4.60. The smallest absolute Gasteiger partial charge is 0.347 e. The minimum Gasteiger partial charge on any atom is -0.477 e. The summed E-state index contributed by atoms with van der Waals surface area (Å²) < 4.78 is 5.05. The van der Waals surface area contributed by atoms with Crippen molar-refractivity contribution in [1.29, 1.82) is 0 Å². The van der Waals surface area contributed by atoms with Gasteiger partial charge in [0, 0.05) is 7.11 Å². The van der Waals surface area contributed by atoms with Crippen LogP contribution in [0.15, 0.2) is 0 Å². The van der Waals surface area contributed by atoms with Crippen LogP contribution in [-0.4, -0.2) is 41.8 Å². The number of aryl methyl sites for hydroxylation is 1. The van der Waals surface area contributed by atoms with Crippen LogP contribution in [0.1, 0.15) is 40.1 Å². The Bertz CT molecular complexity index is 484. The molecule has 3 N–H and O–H groups in total. The maximum absolute atomic E-state index is 11.8. The number of hydrogen-bond donors (Lipinski definition) is 3. The summed E-state index contributed by atoms with van der Waals surface area (Å²) in [6.07, 6.45) is 1.78. The van der Waals surface area contributed by atoms with Gasteiger partial charge in [-0.3, -0.25) is 0 Å². The minimum atomic E-state index is -0.996. The molecular weight excluding hydrogens is 294 g/mol. The van der Waals surface area contributed by atoms with Crippen LogP contribution in [0.5, 0.6) is 0 Å². The lowest BCUT2D eigenvalue weighted by atomic mass is 10.2. The van der Waals surface area contributed by atoms with Crippen LogP contribution in [-0.2, 0) is 11.3 Å². The number of carbonyl (C=O) groups excluding carboxylic acids is 1. The third-order valence-corrected chi connectivity index (χ3v) is 3.92. The van der Waals surface area contributed by atoms with E-state index < -0.39 is 5.97 Å². The largest absolute Gasteiger partial charge is 0.477 e. The molecule has 0 radical (unpaired) electrons. The number of carboxylic acid groups (broad SMARTS) is 1. The van der Waals surface area contributed by atoms with Gasteiger partial charge >= 0.3 is 12.0 Å². The van der Waals surface area contributed by atoms with Crippen molar-refractivity contribution in [2.24, 2.45) is 0 Å². The molecule has 1 aromatic rings. The first kappa shape index (κ1) is 17.4. The van der Waals surface area contributed by atoms with Crippen molar-refractivity contribution in [3.8, 4) is 0 Å². The molecule has 0 saturated carbocycles. The van der Waals surface area contributed by atoms with Gasteiger partial charge in [0.15, 0.2) is 0 Å². The molecule has 1 rings (SSSR count). The summed E-state index contributed by atoms with van der Waals surface area (Å²) in [7, 11) is 1.59. The van der Waals surface area contributed by atoms with Crippen molar-refractivity contribution in [3.05, 3.63) is 15.6 Å². The van der Waals surface area contributed by atoms with Gasteiger partial charge in [-0.25, -0.2) is 14.6 Å². The van der Waals surface area contributed by atoms with Gasteiger partial charge in [-0.1, -0.05) is 13.3 Å². The van der Waals surface area contributed by atoms with E-state index in [1.807, 2.05) is 6.92 Å². The Balaban J connectivity index is 2.48. The fraction of sp³-hybridized carbons (Fsp3) is 0.615. The van der Waals surface area contributed by atoms with Crippen molar-refractivity contribution < 1.29 is 19.4 Å². The van der Waals surface area contributed by atoms with E-state index in [0.717, 1.165) is 24.2 Å². The van der Waals surface area contributed by atoms with Crippen LogP contribution in [0.2, 0.25) is 0 Å². The second kappa shape index (κ2) is 8.58. The maximum Gasteiger partial charge on any atom is 0.347 e.